The molecule has 5 rings (SSSR count). The minimum Gasteiger partial charge on any atom is -0.497 e. The monoisotopic (exact) mass is 531 g/mol. The number of nitrogens with zero attached hydrogens (tertiary/aromatic N) is 3. The third-order valence-corrected chi connectivity index (χ3v) is 6.93. The van der Waals surface area contributed by atoms with Gasteiger partial charge in [0, 0.05) is 23.7 Å². The Hall–Kier alpha value is -4.53. The molecule has 0 spiro atoms. The molecule has 39 heavy (non-hydrogen) atoms. The van der Waals surface area contributed by atoms with Crippen molar-refractivity contribution < 1.29 is 27.8 Å². The molecular weight excluding hydrogens is 504 g/mol. The first-order valence-corrected chi connectivity index (χ1v) is 12.3. The van der Waals surface area contributed by atoms with Crippen LogP contribution in [0, 0.1) is 11.6 Å². The van der Waals surface area contributed by atoms with Crippen LogP contribution in [0.2, 0.25) is 0 Å². The van der Waals surface area contributed by atoms with E-state index in [-0.39, 0.29) is 30.1 Å². The van der Waals surface area contributed by atoms with Crippen molar-refractivity contribution in [2.45, 2.75) is 25.9 Å². The van der Waals surface area contributed by atoms with Crippen molar-refractivity contribution in [2.24, 2.45) is 0 Å². The number of benzene rings is 2. The van der Waals surface area contributed by atoms with Crippen molar-refractivity contribution in [1.82, 2.24) is 14.9 Å². The molecule has 2 aromatic heterocycles. The fourth-order valence-corrected chi connectivity index (χ4v) is 4.85. The number of pyridine rings is 2. The Balaban J connectivity index is 1.60. The van der Waals surface area contributed by atoms with Crippen LogP contribution in [-0.4, -0.2) is 42.1 Å². The molecule has 1 atom stereocenters. The molecule has 1 aliphatic rings. The van der Waals surface area contributed by atoms with Gasteiger partial charge in [-0.25, -0.2) is 13.8 Å². The second-order valence-corrected chi connectivity index (χ2v) is 9.18. The Bertz CT molecular complexity index is 1520. The van der Waals surface area contributed by atoms with Gasteiger partial charge in [-0.15, -0.1) is 0 Å². The van der Waals surface area contributed by atoms with E-state index in [0.717, 1.165) is 5.56 Å². The first kappa shape index (κ1) is 26.1. The number of fused-ring (bicyclic) bond motifs is 1. The topological polar surface area (TPSA) is 73.8 Å². The lowest BCUT2D eigenvalue weighted by Crippen LogP contribution is -2.26. The molecule has 2 aromatic carbocycles. The number of carbonyl (C=O) groups excluding carboxylic acids is 1. The number of rotatable bonds is 8. The molecule has 9 heteroatoms. The molecule has 200 valence electrons. The summed E-state index contributed by atoms with van der Waals surface area (Å²) < 4.78 is 45.6. The zero-order valence-electron chi connectivity index (χ0n) is 22.0. The van der Waals surface area contributed by atoms with Crippen LogP contribution in [0.3, 0.4) is 0 Å². The van der Waals surface area contributed by atoms with Crippen LogP contribution in [0.15, 0.2) is 60.8 Å². The second-order valence-electron chi connectivity index (χ2n) is 9.18. The van der Waals surface area contributed by atoms with Crippen LogP contribution in [-0.2, 0) is 13.0 Å². The van der Waals surface area contributed by atoms with Gasteiger partial charge in [0.05, 0.1) is 62.6 Å². The summed E-state index contributed by atoms with van der Waals surface area (Å²) in [4.78, 5) is 24.6. The van der Waals surface area contributed by atoms with Gasteiger partial charge in [-0.2, -0.15) is 0 Å². The molecule has 0 saturated heterocycles. The van der Waals surface area contributed by atoms with E-state index in [4.69, 9.17) is 14.2 Å². The van der Waals surface area contributed by atoms with Gasteiger partial charge in [-0.05, 0) is 55.0 Å². The summed E-state index contributed by atoms with van der Waals surface area (Å²) in [6.45, 7) is 2.09. The number of methoxy groups -OCH3 is 3. The molecule has 0 N–H and O–H groups in total. The Morgan fingerprint density at radius 3 is 2.23 bits per heavy atom. The first-order chi connectivity index (χ1) is 18.8. The predicted molar refractivity (Wildman–Crippen MR) is 141 cm³/mol. The van der Waals surface area contributed by atoms with E-state index in [2.05, 4.69) is 9.97 Å². The van der Waals surface area contributed by atoms with Crippen molar-refractivity contribution in [2.75, 3.05) is 21.3 Å². The van der Waals surface area contributed by atoms with E-state index in [1.807, 2.05) is 13.0 Å². The number of hydrogen-bond donors (Lipinski definition) is 0. The van der Waals surface area contributed by atoms with Gasteiger partial charge in [-0.3, -0.25) is 9.78 Å². The first-order valence-electron chi connectivity index (χ1n) is 12.3. The summed E-state index contributed by atoms with van der Waals surface area (Å²) in [6, 6.07) is 13.8. The average molecular weight is 532 g/mol. The van der Waals surface area contributed by atoms with Crippen molar-refractivity contribution >= 4 is 5.91 Å². The summed E-state index contributed by atoms with van der Waals surface area (Å²) in [5.41, 5.74) is 2.78. The van der Waals surface area contributed by atoms with Gasteiger partial charge < -0.3 is 19.1 Å². The number of halogens is 2. The number of aromatic nitrogens is 2. The van der Waals surface area contributed by atoms with Gasteiger partial charge in [0.1, 0.15) is 28.9 Å². The zero-order chi connectivity index (χ0) is 27.7. The molecule has 7 nitrogen and oxygen atoms in total. The van der Waals surface area contributed by atoms with Gasteiger partial charge in [-0.1, -0.05) is 6.07 Å². The maximum atomic E-state index is 14.8. The average Bonchev–Trinajstić information content (AvgIpc) is 3.18. The Morgan fingerprint density at radius 1 is 0.872 bits per heavy atom. The predicted octanol–water partition coefficient (Wildman–Crippen LogP) is 5.76. The van der Waals surface area contributed by atoms with Crippen molar-refractivity contribution in [3.8, 4) is 28.5 Å². The molecular formula is C30H27F2N3O4. The van der Waals surface area contributed by atoms with Gasteiger partial charge in [0.2, 0.25) is 0 Å². The molecule has 3 heterocycles. The van der Waals surface area contributed by atoms with Crippen LogP contribution in [0.4, 0.5) is 8.78 Å². The number of ether oxygens (including phenoxy) is 3. The van der Waals surface area contributed by atoms with E-state index in [0.29, 0.717) is 39.8 Å². The Kier molecular flexibility index (Phi) is 7.15. The van der Waals surface area contributed by atoms with E-state index in [1.165, 1.54) is 18.2 Å². The van der Waals surface area contributed by atoms with E-state index >= 15 is 0 Å². The van der Waals surface area contributed by atoms with Crippen LogP contribution < -0.4 is 14.2 Å². The number of hydrogen-bond acceptors (Lipinski definition) is 6. The van der Waals surface area contributed by atoms with Crippen LogP contribution in [0.1, 0.15) is 45.8 Å². The molecule has 1 unspecified atom stereocenters. The van der Waals surface area contributed by atoms with E-state index in [1.54, 1.807) is 62.8 Å². The summed E-state index contributed by atoms with van der Waals surface area (Å²) in [5, 5.41) is 0. The summed E-state index contributed by atoms with van der Waals surface area (Å²) in [7, 11) is 4.67. The van der Waals surface area contributed by atoms with Gasteiger partial charge >= 0.3 is 0 Å². The minimum absolute atomic E-state index is 0.122. The molecule has 0 saturated carbocycles. The maximum absolute atomic E-state index is 14.8. The van der Waals surface area contributed by atoms with E-state index in [9.17, 15) is 13.6 Å². The Morgan fingerprint density at radius 2 is 1.59 bits per heavy atom. The third-order valence-electron chi connectivity index (χ3n) is 6.93. The summed E-state index contributed by atoms with van der Waals surface area (Å²) in [5.74, 6) is 0.117. The largest absolute Gasteiger partial charge is 0.497 e. The van der Waals surface area contributed by atoms with Crippen molar-refractivity contribution in [3.05, 3.63) is 101 Å². The van der Waals surface area contributed by atoms with Crippen LogP contribution in [0.25, 0.3) is 11.3 Å². The number of amides is 1. The SMILES string of the molecule is COc1ccc(Cc2cc(-c3c(F)cccc3F)nc3c2C(=O)N(Cc2ccc(OC)cc2OC)C3C)nc1. The van der Waals surface area contributed by atoms with Crippen molar-refractivity contribution in [1.29, 1.82) is 0 Å². The lowest BCUT2D eigenvalue weighted by atomic mass is 9.97. The van der Waals surface area contributed by atoms with Crippen LogP contribution >= 0.6 is 0 Å². The van der Waals surface area contributed by atoms with Crippen LogP contribution in [0.5, 0.6) is 17.2 Å². The van der Waals surface area contributed by atoms with E-state index < -0.39 is 17.7 Å². The van der Waals surface area contributed by atoms with Gasteiger partial charge in [0.25, 0.3) is 5.91 Å². The summed E-state index contributed by atoms with van der Waals surface area (Å²) in [6.07, 6.45) is 1.84. The summed E-state index contributed by atoms with van der Waals surface area (Å²) >= 11 is 0. The quantitative estimate of drug-likeness (QED) is 0.288. The maximum Gasteiger partial charge on any atom is 0.256 e. The fraction of sp³-hybridized carbons (Fsp3) is 0.233. The van der Waals surface area contributed by atoms with Gasteiger partial charge in [0.15, 0.2) is 0 Å². The standard InChI is InChI=1S/C30H27F2N3O4/c1-17-29-27(30(36)35(17)16-18-8-10-21(37-2)14-26(18)39-4)19(12-20-9-11-22(38-3)15-33-20)13-25(34-29)28-23(31)6-5-7-24(28)32/h5-11,13-15,17H,12,16H2,1-4H3. The molecule has 0 radical (unpaired) electrons. The fourth-order valence-electron chi connectivity index (χ4n) is 4.85. The molecule has 1 aliphatic heterocycles. The highest BCUT2D eigenvalue weighted by atomic mass is 19.1. The lowest BCUT2D eigenvalue weighted by molar-refractivity contribution is 0.0720. The highest BCUT2D eigenvalue weighted by Gasteiger charge is 2.38. The molecule has 1 amide bonds. The highest BCUT2D eigenvalue weighted by Crippen LogP contribution is 2.40. The smallest absolute Gasteiger partial charge is 0.256 e. The molecule has 0 fully saturated rings. The van der Waals surface area contributed by atoms with Crippen molar-refractivity contribution in [3.63, 3.8) is 0 Å². The molecule has 0 aliphatic carbocycles. The zero-order valence-corrected chi connectivity index (χ0v) is 22.0. The minimum atomic E-state index is -0.729. The molecule has 4 aromatic rings. The Labute approximate surface area is 225 Å². The second kappa shape index (κ2) is 10.7. The lowest BCUT2D eigenvalue weighted by Gasteiger charge is -2.23. The normalized spacial score (nSPS) is 14.4. The third kappa shape index (κ3) is 4.87. The highest BCUT2D eigenvalue weighted by molar-refractivity contribution is 6.00. The molecule has 0 bridgehead atoms. The number of carbonyl (C=O) groups is 1.